The minimum atomic E-state index is -0.200. The van der Waals surface area contributed by atoms with Gasteiger partial charge < -0.3 is 10.1 Å². The molecule has 0 saturated carbocycles. The van der Waals surface area contributed by atoms with Gasteiger partial charge in [0, 0.05) is 5.57 Å². The molecule has 0 aliphatic rings. The molecule has 4 aromatic carbocycles. The number of para-hydroxylation sites is 3. The quantitative estimate of drug-likeness (QED) is 0.295. The maximum absolute atomic E-state index is 13.3. The van der Waals surface area contributed by atoms with Crippen molar-refractivity contribution in [1.29, 1.82) is 0 Å². The third-order valence-corrected chi connectivity index (χ3v) is 4.55. The highest BCUT2D eigenvalue weighted by molar-refractivity contribution is 6.29. The third kappa shape index (κ3) is 4.83. The molecular weight excluding hydrogens is 370 g/mol. The van der Waals surface area contributed by atoms with Crippen molar-refractivity contribution in [2.45, 2.75) is 0 Å². The monoisotopic (exact) mass is 391 g/mol. The van der Waals surface area contributed by atoms with E-state index < -0.39 is 0 Å². The molecule has 0 saturated heterocycles. The molecular formula is C27H21NO2. The standard InChI is InChI=1S/C27H21NO2/c29-27(24(22-14-6-2-7-15-22)20-21-12-4-1-5-13-21)28-25-18-10-11-19-26(25)30-23-16-8-3-9-17-23/h1-20H,(H,28,29)/b24-20+. The average Bonchev–Trinajstić information content (AvgIpc) is 2.81. The lowest BCUT2D eigenvalue weighted by atomic mass is 10.0. The van der Waals surface area contributed by atoms with E-state index in [0.29, 0.717) is 22.8 Å². The van der Waals surface area contributed by atoms with E-state index in [-0.39, 0.29) is 5.91 Å². The van der Waals surface area contributed by atoms with Gasteiger partial charge in [-0.3, -0.25) is 4.79 Å². The number of amides is 1. The summed E-state index contributed by atoms with van der Waals surface area (Å²) in [6, 6.07) is 36.4. The van der Waals surface area contributed by atoms with Crippen LogP contribution < -0.4 is 10.1 Å². The van der Waals surface area contributed by atoms with Crippen LogP contribution in [0.2, 0.25) is 0 Å². The maximum Gasteiger partial charge on any atom is 0.256 e. The molecule has 0 unspecified atom stereocenters. The Bertz CT molecular complexity index is 1140. The highest BCUT2D eigenvalue weighted by atomic mass is 16.5. The summed E-state index contributed by atoms with van der Waals surface area (Å²) in [6.45, 7) is 0. The number of carbonyl (C=O) groups is 1. The van der Waals surface area contributed by atoms with Crippen LogP contribution in [-0.2, 0) is 4.79 Å². The zero-order valence-corrected chi connectivity index (χ0v) is 16.4. The van der Waals surface area contributed by atoms with Gasteiger partial charge in [-0.2, -0.15) is 0 Å². The highest BCUT2D eigenvalue weighted by Crippen LogP contribution is 2.30. The molecule has 4 rings (SSSR count). The molecule has 0 aromatic heterocycles. The Hall–Kier alpha value is -4.11. The number of nitrogens with one attached hydrogen (secondary N) is 1. The zero-order valence-electron chi connectivity index (χ0n) is 16.4. The van der Waals surface area contributed by atoms with E-state index in [4.69, 9.17) is 4.74 Å². The van der Waals surface area contributed by atoms with Gasteiger partial charge in [0.1, 0.15) is 5.75 Å². The second-order valence-electron chi connectivity index (χ2n) is 6.70. The Morgan fingerprint density at radius 1 is 0.667 bits per heavy atom. The van der Waals surface area contributed by atoms with Crippen molar-refractivity contribution in [3.63, 3.8) is 0 Å². The summed E-state index contributed by atoms with van der Waals surface area (Å²) in [7, 11) is 0. The van der Waals surface area contributed by atoms with Gasteiger partial charge in [-0.15, -0.1) is 0 Å². The molecule has 0 bridgehead atoms. The molecule has 0 aliphatic heterocycles. The lowest BCUT2D eigenvalue weighted by molar-refractivity contribution is -0.111. The van der Waals surface area contributed by atoms with E-state index in [2.05, 4.69) is 5.32 Å². The molecule has 0 spiro atoms. The zero-order chi connectivity index (χ0) is 20.6. The van der Waals surface area contributed by atoms with Crippen LogP contribution in [-0.4, -0.2) is 5.91 Å². The second kappa shape index (κ2) is 9.39. The fraction of sp³-hybridized carbons (Fsp3) is 0. The number of hydrogen-bond acceptors (Lipinski definition) is 2. The molecule has 0 atom stereocenters. The fourth-order valence-electron chi connectivity index (χ4n) is 3.08. The second-order valence-corrected chi connectivity index (χ2v) is 6.70. The molecule has 0 heterocycles. The molecule has 4 aromatic rings. The summed E-state index contributed by atoms with van der Waals surface area (Å²) in [4.78, 5) is 13.3. The predicted octanol–water partition coefficient (Wildman–Crippen LogP) is 6.66. The fourth-order valence-corrected chi connectivity index (χ4v) is 3.08. The summed E-state index contributed by atoms with van der Waals surface area (Å²) < 4.78 is 5.98. The lowest BCUT2D eigenvalue weighted by Crippen LogP contribution is -2.14. The molecule has 0 aliphatic carbocycles. The van der Waals surface area contributed by atoms with Gasteiger partial charge in [-0.25, -0.2) is 0 Å². The Morgan fingerprint density at radius 3 is 1.93 bits per heavy atom. The molecule has 0 fully saturated rings. The molecule has 3 nitrogen and oxygen atoms in total. The molecule has 3 heteroatoms. The normalized spacial score (nSPS) is 11.0. The van der Waals surface area contributed by atoms with Gasteiger partial charge in [0.15, 0.2) is 5.75 Å². The van der Waals surface area contributed by atoms with E-state index in [0.717, 1.165) is 11.1 Å². The predicted molar refractivity (Wildman–Crippen MR) is 122 cm³/mol. The van der Waals surface area contributed by atoms with Crippen LogP contribution in [0.25, 0.3) is 11.6 Å². The van der Waals surface area contributed by atoms with Gasteiger partial charge in [-0.05, 0) is 41.5 Å². The van der Waals surface area contributed by atoms with Crippen molar-refractivity contribution in [3.05, 3.63) is 126 Å². The van der Waals surface area contributed by atoms with Crippen molar-refractivity contribution in [1.82, 2.24) is 0 Å². The Morgan fingerprint density at radius 2 is 1.23 bits per heavy atom. The Labute approximate surface area is 176 Å². The van der Waals surface area contributed by atoms with Gasteiger partial charge in [0.05, 0.1) is 5.69 Å². The summed E-state index contributed by atoms with van der Waals surface area (Å²) >= 11 is 0. The number of carbonyl (C=O) groups excluding carboxylic acids is 1. The van der Waals surface area contributed by atoms with Crippen LogP contribution in [0.3, 0.4) is 0 Å². The smallest absolute Gasteiger partial charge is 0.256 e. The van der Waals surface area contributed by atoms with E-state index >= 15 is 0 Å². The summed E-state index contributed by atoms with van der Waals surface area (Å²) in [5.74, 6) is 1.10. The summed E-state index contributed by atoms with van der Waals surface area (Å²) in [5, 5.41) is 3.02. The number of ether oxygens (including phenoxy) is 1. The summed E-state index contributed by atoms with van der Waals surface area (Å²) in [5.41, 5.74) is 3.00. The number of rotatable bonds is 6. The van der Waals surface area contributed by atoms with E-state index in [9.17, 15) is 4.79 Å². The minimum Gasteiger partial charge on any atom is -0.455 e. The average molecular weight is 391 g/mol. The van der Waals surface area contributed by atoms with Crippen molar-refractivity contribution in [2.75, 3.05) is 5.32 Å². The summed E-state index contributed by atoms with van der Waals surface area (Å²) in [6.07, 6.45) is 1.89. The Balaban J connectivity index is 1.65. The van der Waals surface area contributed by atoms with E-state index in [1.54, 1.807) is 0 Å². The molecule has 146 valence electrons. The minimum absolute atomic E-state index is 0.200. The van der Waals surface area contributed by atoms with Crippen LogP contribution in [0.1, 0.15) is 11.1 Å². The van der Waals surface area contributed by atoms with Gasteiger partial charge in [0.25, 0.3) is 5.91 Å². The first-order chi connectivity index (χ1) is 14.8. The lowest BCUT2D eigenvalue weighted by Gasteiger charge is -2.14. The van der Waals surface area contributed by atoms with Crippen LogP contribution in [0.15, 0.2) is 115 Å². The van der Waals surface area contributed by atoms with Crippen molar-refractivity contribution in [2.24, 2.45) is 0 Å². The number of anilines is 1. The van der Waals surface area contributed by atoms with E-state index in [1.807, 2.05) is 121 Å². The van der Waals surface area contributed by atoms with Gasteiger partial charge in [0.2, 0.25) is 0 Å². The molecule has 1 N–H and O–H groups in total. The van der Waals surface area contributed by atoms with Crippen LogP contribution in [0.5, 0.6) is 11.5 Å². The van der Waals surface area contributed by atoms with Gasteiger partial charge in [-0.1, -0.05) is 91.0 Å². The molecule has 1 amide bonds. The van der Waals surface area contributed by atoms with Crippen molar-refractivity contribution < 1.29 is 9.53 Å². The number of benzene rings is 4. The van der Waals surface area contributed by atoms with Crippen LogP contribution >= 0.6 is 0 Å². The molecule has 30 heavy (non-hydrogen) atoms. The first-order valence-electron chi connectivity index (χ1n) is 9.75. The van der Waals surface area contributed by atoms with Crippen molar-refractivity contribution in [3.8, 4) is 11.5 Å². The van der Waals surface area contributed by atoms with Crippen LogP contribution in [0.4, 0.5) is 5.69 Å². The third-order valence-electron chi connectivity index (χ3n) is 4.55. The maximum atomic E-state index is 13.3. The Kier molecular flexibility index (Phi) is 6.02. The largest absolute Gasteiger partial charge is 0.455 e. The molecule has 0 radical (unpaired) electrons. The highest BCUT2D eigenvalue weighted by Gasteiger charge is 2.15. The van der Waals surface area contributed by atoms with Crippen molar-refractivity contribution >= 4 is 23.2 Å². The van der Waals surface area contributed by atoms with Gasteiger partial charge >= 0.3 is 0 Å². The first kappa shape index (κ1) is 19.2. The first-order valence-corrected chi connectivity index (χ1v) is 9.75. The topological polar surface area (TPSA) is 38.3 Å². The van der Waals surface area contributed by atoms with E-state index in [1.165, 1.54) is 0 Å². The SMILES string of the molecule is O=C(Nc1ccccc1Oc1ccccc1)/C(=C/c1ccccc1)c1ccccc1. The van der Waals surface area contributed by atoms with Crippen LogP contribution in [0, 0.1) is 0 Å². The number of hydrogen-bond donors (Lipinski definition) is 1.